The Hall–Kier alpha value is -4.58. The molecule has 0 aromatic heterocycles. The summed E-state index contributed by atoms with van der Waals surface area (Å²) in [5.41, 5.74) is 5.38. The molecule has 6 nitrogen and oxygen atoms in total. The molecule has 0 saturated carbocycles. The van der Waals surface area contributed by atoms with Crippen molar-refractivity contribution in [3.63, 3.8) is 0 Å². The summed E-state index contributed by atoms with van der Waals surface area (Å²) >= 11 is 0. The fourth-order valence-electron chi connectivity index (χ4n) is 3.60. The average Bonchev–Trinajstić information content (AvgIpc) is 2.91. The Bertz CT molecular complexity index is 1160. The molecule has 6 heteroatoms. The van der Waals surface area contributed by atoms with Crippen molar-refractivity contribution in [2.45, 2.75) is 6.42 Å². The zero-order valence-electron chi connectivity index (χ0n) is 19.8. The van der Waals surface area contributed by atoms with Gasteiger partial charge >= 0.3 is 12.1 Å². The van der Waals surface area contributed by atoms with E-state index >= 15 is 0 Å². The first-order valence-corrected chi connectivity index (χ1v) is 11.4. The maximum absolute atomic E-state index is 12.5. The molecule has 176 valence electrons. The lowest BCUT2D eigenvalue weighted by atomic mass is 10.0. The maximum Gasteiger partial charge on any atom is 0.326 e. The topological polar surface area (TPSA) is 64.7 Å². The Labute approximate surface area is 205 Å². The first-order chi connectivity index (χ1) is 17.0. The van der Waals surface area contributed by atoms with Gasteiger partial charge < -0.3 is 10.6 Å². The predicted octanol–water partition coefficient (Wildman–Crippen LogP) is 6.61. The van der Waals surface area contributed by atoms with Crippen LogP contribution in [0.3, 0.4) is 0 Å². The third-order valence-corrected chi connectivity index (χ3v) is 5.71. The molecule has 0 radical (unpaired) electrons. The molecule has 0 fully saturated rings. The molecule has 0 bridgehead atoms. The van der Waals surface area contributed by atoms with Gasteiger partial charge in [0.15, 0.2) is 0 Å². The second-order valence-electron chi connectivity index (χ2n) is 8.22. The number of benzene rings is 4. The molecular weight excluding hydrogens is 436 g/mol. The normalized spacial score (nSPS) is 10.3. The van der Waals surface area contributed by atoms with Crippen molar-refractivity contribution in [2.75, 3.05) is 34.5 Å². The molecule has 0 atom stereocenters. The molecule has 4 aromatic carbocycles. The van der Waals surface area contributed by atoms with E-state index in [9.17, 15) is 9.59 Å². The minimum atomic E-state index is -0.195. The largest absolute Gasteiger partial charge is 0.326 e. The van der Waals surface area contributed by atoms with Crippen molar-refractivity contribution in [3.8, 4) is 0 Å². The number of nitrogens with zero attached hydrogens (tertiary/aromatic N) is 2. The van der Waals surface area contributed by atoms with Crippen LogP contribution in [0.2, 0.25) is 0 Å². The van der Waals surface area contributed by atoms with Crippen LogP contribution in [0.15, 0.2) is 109 Å². The second kappa shape index (κ2) is 11.0. The molecule has 0 aliphatic carbocycles. The van der Waals surface area contributed by atoms with Crippen molar-refractivity contribution >= 4 is 34.8 Å². The average molecular weight is 465 g/mol. The molecule has 0 heterocycles. The van der Waals surface area contributed by atoms with Crippen molar-refractivity contribution < 1.29 is 9.59 Å². The maximum atomic E-state index is 12.5. The summed E-state index contributed by atoms with van der Waals surface area (Å²) in [6.07, 6.45) is 0.746. The highest BCUT2D eigenvalue weighted by Crippen LogP contribution is 2.19. The Balaban J connectivity index is 1.31. The minimum Gasteiger partial charge on any atom is -0.308 e. The molecule has 4 rings (SSSR count). The van der Waals surface area contributed by atoms with Crippen LogP contribution in [-0.2, 0) is 6.42 Å². The highest BCUT2D eigenvalue weighted by Gasteiger charge is 2.12. The fraction of sp³-hybridized carbons (Fsp3) is 0.103. The number of carbonyl (C=O) groups is 2. The number of hydrogen-bond donors (Lipinski definition) is 2. The molecule has 4 aromatic rings. The molecule has 35 heavy (non-hydrogen) atoms. The van der Waals surface area contributed by atoms with Crippen molar-refractivity contribution in [1.29, 1.82) is 0 Å². The van der Waals surface area contributed by atoms with Gasteiger partial charge in [0.1, 0.15) is 0 Å². The van der Waals surface area contributed by atoms with E-state index in [1.165, 1.54) is 0 Å². The smallest absolute Gasteiger partial charge is 0.308 e. The Morgan fingerprint density at radius 2 is 0.886 bits per heavy atom. The van der Waals surface area contributed by atoms with E-state index in [0.29, 0.717) is 0 Å². The van der Waals surface area contributed by atoms with Gasteiger partial charge in [-0.2, -0.15) is 0 Å². The SMILES string of the molecule is CN(C(=O)Nc1ccc(Cc2ccc(NC(=O)N(C)c3ccccc3)cc2)cc1)c1ccccc1. The summed E-state index contributed by atoms with van der Waals surface area (Å²) in [5.74, 6) is 0. The van der Waals surface area contributed by atoms with Crippen LogP contribution < -0.4 is 20.4 Å². The van der Waals surface area contributed by atoms with Crippen LogP contribution >= 0.6 is 0 Å². The quantitative estimate of drug-likeness (QED) is 0.337. The molecule has 0 saturated heterocycles. The summed E-state index contributed by atoms with van der Waals surface area (Å²) in [6, 6.07) is 34.2. The van der Waals surface area contributed by atoms with E-state index in [0.717, 1.165) is 40.3 Å². The number of carbonyl (C=O) groups excluding carboxylic acids is 2. The van der Waals surface area contributed by atoms with Crippen molar-refractivity contribution in [2.24, 2.45) is 0 Å². The first kappa shape index (κ1) is 23.6. The Kier molecular flexibility index (Phi) is 7.43. The van der Waals surface area contributed by atoms with Crippen LogP contribution in [0, 0.1) is 0 Å². The van der Waals surface area contributed by atoms with Gasteiger partial charge in [-0.15, -0.1) is 0 Å². The third-order valence-electron chi connectivity index (χ3n) is 5.71. The lowest BCUT2D eigenvalue weighted by molar-refractivity contribution is 0.257. The number of urea groups is 2. The third kappa shape index (κ3) is 6.26. The van der Waals surface area contributed by atoms with E-state index in [4.69, 9.17) is 0 Å². The van der Waals surface area contributed by atoms with Crippen molar-refractivity contribution in [1.82, 2.24) is 0 Å². The number of hydrogen-bond acceptors (Lipinski definition) is 2. The Morgan fingerprint density at radius 3 is 1.23 bits per heavy atom. The zero-order chi connectivity index (χ0) is 24.6. The van der Waals surface area contributed by atoms with Crippen LogP contribution in [0.5, 0.6) is 0 Å². The lowest BCUT2D eigenvalue weighted by Crippen LogP contribution is -2.31. The van der Waals surface area contributed by atoms with Gasteiger partial charge in [0.2, 0.25) is 0 Å². The van der Waals surface area contributed by atoms with E-state index in [-0.39, 0.29) is 12.1 Å². The van der Waals surface area contributed by atoms with Crippen molar-refractivity contribution in [3.05, 3.63) is 120 Å². The predicted molar refractivity (Wildman–Crippen MR) is 143 cm³/mol. The van der Waals surface area contributed by atoms with Crippen LogP contribution in [-0.4, -0.2) is 26.2 Å². The molecule has 0 aliphatic heterocycles. The molecule has 0 aliphatic rings. The van der Waals surface area contributed by atoms with E-state index in [1.807, 2.05) is 109 Å². The molecule has 2 N–H and O–H groups in total. The molecule has 0 spiro atoms. The van der Waals surface area contributed by atoms with Crippen LogP contribution in [0.4, 0.5) is 32.3 Å². The van der Waals surface area contributed by atoms with E-state index in [1.54, 1.807) is 23.9 Å². The number of anilines is 4. The monoisotopic (exact) mass is 464 g/mol. The number of rotatable bonds is 6. The zero-order valence-corrected chi connectivity index (χ0v) is 19.8. The molecule has 4 amide bonds. The number of amides is 4. The summed E-state index contributed by atoms with van der Waals surface area (Å²) in [7, 11) is 3.48. The highest BCUT2D eigenvalue weighted by molar-refractivity contribution is 6.02. The second-order valence-corrected chi connectivity index (χ2v) is 8.22. The summed E-state index contributed by atoms with van der Waals surface area (Å²) in [4.78, 5) is 28.2. The highest BCUT2D eigenvalue weighted by atomic mass is 16.2. The van der Waals surface area contributed by atoms with Gasteiger partial charge in [0.05, 0.1) is 0 Å². The van der Waals surface area contributed by atoms with E-state index < -0.39 is 0 Å². The van der Waals surface area contributed by atoms with Gasteiger partial charge in [-0.05, 0) is 66.1 Å². The first-order valence-electron chi connectivity index (χ1n) is 11.4. The van der Waals surface area contributed by atoms with Gasteiger partial charge in [-0.25, -0.2) is 9.59 Å². The minimum absolute atomic E-state index is 0.195. The van der Waals surface area contributed by atoms with Crippen LogP contribution in [0.25, 0.3) is 0 Å². The number of nitrogens with one attached hydrogen (secondary N) is 2. The molecule has 0 unspecified atom stereocenters. The standard InChI is InChI=1S/C29H28N4O2/c1-32(26-9-5-3-6-10-26)28(34)30-24-17-13-22(14-18-24)21-23-15-19-25(20-16-23)31-29(35)33(2)27-11-7-4-8-12-27/h3-20H,21H2,1-2H3,(H,30,34)(H,31,35). The van der Waals surface area contributed by atoms with Crippen LogP contribution in [0.1, 0.15) is 11.1 Å². The molecular formula is C29H28N4O2. The summed E-state index contributed by atoms with van der Waals surface area (Å²) in [5, 5.41) is 5.84. The van der Waals surface area contributed by atoms with Gasteiger partial charge in [0.25, 0.3) is 0 Å². The van der Waals surface area contributed by atoms with E-state index in [2.05, 4.69) is 10.6 Å². The van der Waals surface area contributed by atoms with Gasteiger partial charge in [-0.3, -0.25) is 9.80 Å². The summed E-state index contributed by atoms with van der Waals surface area (Å²) < 4.78 is 0. The Morgan fingerprint density at radius 1 is 0.543 bits per heavy atom. The van der Waals surface area contributed by atoms with Gasteiger partial charge in [-0.1, -0.05) is 60.7 Å². The number of para-hydroxylation sites is 2. The van der Waals surface area contributed by atoms with Gasteiger partial charge in [0, 0.05) is 36.8 Å². The fourth-order valence-corrected chi connectivity index (χ4v) is 3.60. The lowest BCUT2D eigenvalue weighted by Gasteiger charge is -2.18. The summed E-state index contributed by atoms with van der Waals surface area (Å²) in [6.45, 7) is 0.